The highest BCUT2D eigenvalue weighted by atomic mass is 79.9. The van der Waals surface area contributed by atoms with Crippen LogP contribution in [0.1, 0.15) is 16.8 Å². The third-order valence-electron chi connectivity index (χ3n) is 1.97. The van der Waals surface area contributed by atoms with Crippen LogP contribution in [0.15, 0.2) is 18.2 Å². The first-order valence-corrected chi connectivity index (χ1v) is 6.18. The summed E-state index contributed by atoms with van der Waals surface area (Å²) in [6.45, 7) is -6.25. The number of halogens is 5. The molecule has 0 atom stereocenters. The lowest BCUT2D eigenvalue weighted by molar-refractivity contribution is -0.0543. The van der Waals surface area contributed by atoms with Crippen LogP contribution in [0.25, 0.3) is 0 Å². The number of Topliss-reactive ketones (excluding diaryl/α,β-unsaturated/α-hetero) is 1. The lowest BCUT2D eigenvalue weighted by atomic mass is 10.1. The van der Waals surface area contributed by atoms with Crippen LogP contribution in [-0.4, -0.2) is 24.3 Å². The molecule has 0 bridgehead atoms. The lowest BCUT2D eigenvalue weighted by Crippen LogP contribution is -2.07. The van der Waals surface area contributed by atoms with Crippen molar-refractivity contribution in [3.05, 3.63) is 23.8 Å². The summed E-state index contributed by atoms with van der Waals surface area (Å²) in [5, 5.41) is 0.358. The van der Waals surface area contributed by atoms with Gasteiger partial charge in [-0.15, -0.1) is 0 Å². The van der Waals surface area contributed by atoms with Crippen LogP contribution in [0.4, 0.5) is 17.6 Å². The molecule has 0 radical (unpaired) electrons. The van der Waals surface area contributed by atoms with E-state index in [0.717, 1.165) is 18.2 Å². The number of benzene rings is 1. The summed E-state index contributed by atoms with van der Waals surface area (Å²) in [4.78, 5) is 11.6. The lowest BCUT2D eigenvalue weighted by Gasteiger charge is -2.10. The molecule has 0 unspecified atom stereocenters. The van der Waals surface area contributed by atoms with Gasteiger partial charge in [-0.3, -0.25) is 4.79 Å². The van der Waals surface area contributed by atoms with Crippen LogP contribution < -0.4 is 9.47 Å². The normalized spacial score (nSPS) is 10.9. The van der Waals surface area contributed by atoms with Crippen LogP contribution >= 0.6 is 15.9 Å². The Labute approximate surface area is 114 Å². The van der Waals surface area contributed by atoms with Crippen molar-refractivity contribution in [1.82, 2.24) is 0 Å². The van der Waals surface area contributed by atoms with Crippen LogP contribution in [-0.2, 0) is 0 Å². The maximum absolute atomic E-state index is 12.1. The van der Waals surface area contributed by atoms with Crippen molar-refractivity contribution < 1.29 is 31.8 Å². The number of ether oxygens (including phenoxy) is 2. The molecule has 0 amide bonds. The SMILES string of the molecule is O=C(CCBr)c1cc(OC(F)F)cc(OC(F)F)c1. The molecule has 8 heteroatoms. The van der Waals surface area contributed by atoms with Crippen molar-refractivity contribution in [1.29, 1.82) is 0 Å². The fourth-order valence-corrected chi connectivity index (χ4v) is 1.66. The molecular weight excluding hydrogens is 336 g/mol. The Morgan fingerprint density at radius 2 is 1.53 bits per heavy atom. The van der Waals surface area contributed by atoms with Crippen LogP contribution in [0.5, 0.6) is 11.5 Å². The maximum atomic E-state index is 12.1. The van der Waals surface area contributed by atoms with E-state index in [1.54, 1.807) is 0 Å². The van der Waals surface area contributed by atoms with E-state index in [9.17, 15) is 22.4 Å². The highest BCUT2D eigenvalue weighted by Crippen LogP contribution is 2.26. The zero-order valence-corrected chi connectivity index (χ0v) is 11.0. The quantitative estimate of drug-likeness (QED) is 0.428. The summed E-state index contributed by atoms with van der Waals surface area (Å²) in [6, 6.07) is 2.97. The van der Waals surface area contributed by atoms with Gasteiger partial charge in [-0.1, -0.05) is 15.9 Å². The molecule has 1 aromatic carbocycles. The first-order valence-electron chi connectivity index (χ1n) is 5.06. The Balaban J connectivity index is 3.04. The smallest absolute Gasteiger partial charge is 0.387 e. The average Bonchev–Trinajstić information content (AvgIpc) is 2.26. The van der Waals surface area contributed by atoms with E-state index in [-0.39, 0.29) is 12.0 Å². The van der Waals surface area contributed by atoms with Gasteiger partial charge >= 0.3 is 13.2 Å². The van der Waals surface area contributed by atoms with Gasteiger partial charge in [0.2, 0.25) is 0 Å². The highest BCUT2D eigenvalue weighted by molar-refractivity contribution is 9.09. The number of rotatable bonds is 7. The van der Waals surface area contributed by atoms with Gasteiger partial charge in [-0.05, 0) is 12.1 Å². The summed E-state index contributed by atoms with van der Waals surface area (Å²) in [5.41, 5.74) is -0.0340. The standard InChI is InChI=1S/C11H9BrF4O3/c12-2-1-9(17)6-3-7(18-10(13)14)5-8(4-6)19-11(15)16/h3-5,10-11H,1-2H2. The zero-order chi connectivity index (χ0) is 14.4. The van der Waals surface area contributed by atoms with Gasteiger partial charge in [0.15, 0.2) is 5.78 Å². The second-order valence-electron chi connectivity index (χ2n) is 3.31. The molecule has 1 rings (SSSR count). The van der Waals surface area contributed by atoms with E-state index in [1.165, 1.54) is 0 Å². The van der Waals surface area contributed by atoms with Crippen molar-refractivity contribution in [2.75, 3.05) is 5.33 Å². The fraction of sp³-hybridized carbons (Fsp3) is 0.364. The molecule has 0 saturated carbocycles. The predicted octanol–water partition coefficient (Wildman–Crippen LogP) is 3.86. The molecule has 0 aliphatic heterocycles. The largest absolute Gasteiger partial charge is 0.435 e. The molecule has 0 aliphatic carbocycles. The van der Waals surface area contributed by atoms with Crippen molar-refractivity contribution in [3.8, 4) is 11.5 Å². The predicted molar refractivity (Wildman–Crippen MR) is 62.4 cm³/mol. The minimum absolute atomic E-state index is 0.0340. The van der Waals surface area contributed by atoms with Crippen LogP contribution in [0, 0.1) is 0 Å². The van der Waals surface area contributed by atoms with E-state index in [1.807, 2.05) is 0 Å². The number of hydrogen-bond acceptors (Lipinski definition) is 3. The number of carbonyl (C=O) groups is 1. The molecule has 3 nitrogen and oxygen atoms in total. The fourth-order valence-electron chi connectivity index (χ4n) is 1.30. The molecule has 0 heterocycles. The number of hydrogen-bond donors (Lipinski definition) is 0. The van der Waals surface area contributed by atoms with Crippen LogP contribution in [0.2, 0.25) is 0 Å². The Kier molecular flexibility index (Phi) is 6.07. The highest BCUT2D eigenvalue weighted by Gasteiger charge is 2.14. The van der Waals surface area contributed by atoms with Crippen molar-refractivity contribution in [3.63, 3.8) is 0 Å². The van der Waals surface area contributed by atoms with Gasteiger partial charge in [0.05, 0.1) is 0 Å². The zero-order valence-electron chi connectivity index (χ0n) is 9.42. The molecule has 0 N–H and O–H groups in total. The minimum Gasteiger partial charge on any atom is -0.435 e. The second kappa shape index (κ2) is 7.32. The first-order chi connectivity index (χ1) is 8.92. The average molecular weight is 345 g/mol. The van der Waals surface area contributed by atoms with Gasteiger partial charge in [-0.2, -0.15) is 17.6 Å². The summed E-state index contributed by atoms with van der Waals surface area (Å²) in [7, 11) is 0. The first kappa shape index (κ1) is 15.7. The Hall–Kier alpha value is -1.31. The van der Waals surface area contributed by atoms with Crippen molar-refractivity contribution in [2.45, 2.75) is 19.6 Å². The Bertz CT molecular complexity index is 412. The summed E-state index contributed by atoms with van der Waals surface area (Å²) in [6.07, 6.45) is 0.0895. The topological polar surface area (TPSA) is 35.5 Å². The van der Waals surface area contributed by atoms with E-state index in [0.29, 0.717) is 5.33 Å². The molecule has 0 saturated heterocycles. The minimum atomic E-state index is -3.12. The molecular formula is C11H9BrF4O3. The third-order valence-corrected chi connectivity index (χ3v) is 2.37. The maximum Gasteiger partial charge on any atom is 0.387 e. The molecule has 19 heavy (non-hydrogen) atoms. The van der Waals surface area contributed by atoms with Crippen molar-refractivity contribution in [2.24, 2.45) is 0 Å². The number of ketones is 1. The monoisotopic (exact) mass is 344 g/mol. The summed E-state index contributed by atoms with van der Waals surface area (Å²) < 4.78 is 56.5. The summed E-state index contributed by atoms with van der Waals surface area (Å²) >= 11 is 3.04. The Morgan fingerprint density at radius 3 is 1.89 bits per heavy atom. The molecule has 106 valence electrons. The van der Waals surface area contributed by atoms with E-state index in [4.69, 9.17) is 0 Å². The second-order valence-corrected chi connectivity index (χ2v) is 4.11. The third kappa shape index (κ3) is 5.46. The molecule has 0 aromatic heterocycles. The molecule has 0 fully saturated rings. The van der Waals surface area contributed by atoms with Gasteiger partial charge in [0.1, 0.15) is 11.5 Å². The van der Waals surface area contributed by atoms with Gasteiger partial charge < -0.3 is 9.47 Å². The van der Waals surface area contributed by atoms with E-state index in [2.05, 4.69) is 25.4 Å². The molecule has 0 spiro atoms. The number of carbonyl (C=O) groups excluding carboxylic acids is 1. The summed E-state index contributed by atoms with van der Waals surface area (Å²) in [5.74, 6) is -1.23. The van der Waals surface area contributed by atoms with Gasteiger partial charge in [-0.25, -0.2) is 0 Å². The van der Waals surface area contributed by atoms with E-state index < -0.39 is 30.5 Å². The van der Waals surface area contributed by atoms with Gasteiger partial charge in [0.25, 0.3) is 0 Å². The number of alkyl halides is 5. The molecule has 1 aromatic rings. The van der Waals surface area contributed by atoms with Crippen molar-refractivity contribution >= 4 is 21.7 Å². The molecule has 0 aliphatic rings. The van der Waals surface area contributed by atoms with Gasteiger partial charge in [0, 0.05) is 23.4 Å². The van der Waals surface area contributed by atoms with E-state index >= 15 is 0 Å². The Morgan fingerprint density at radius 1 is 1.05 bits per heavy atom. The van der Waals surface area contributed by atoms with Crippen LogP contribution in [0.3, 0.4) is 0 Å².